The maximum atomic E-state index is 14.0. The van der Waals surface area contributed by atoms with Crippen LogP contribution in [0.4, 0.5) is 0 Å². The van der Waals surface area contributed by atoms with Gasteiger partial charge in [-0.25, -0.2) is 9.79 Å². The summed E-state index contributed by atoms with van der Waals surface area (Å²) in [5.41, 5.74) is 1.83. The van der Waals surface area contributed by atoms with Gasteiger partial charge in [-0.1, -0.05) is 27.3 Å². The quantitative estimate of drug-likeness (QED) is 0.357. The van der Waals surface area contributed by atoms with Crippen molar-refractivity contribution in [2.75, 3.05) is 20.8 Å². The maximum Gasteiger partial charge on any atom is 0.338 e. The third-order valence-corrected chi connectivity index (χ3v) is 7.35. The van der Waals surface area contributed by atoms with Crippen molar-refractivity contribution >= 4 is 39.3 Å². The summed E-state index contributed by atoms with van der Waals surface area (Å²) in [6, 6.07) is 10.1. The van der Waals surface area contributed by atoms with Gasteiger partial charge in [0.15, 0.2) is 4.80 Å². The van der Waals surface area contributed by atoms with Crippen molar-refractivity contribution in [1.82, 2.24) is 4.57 Å². The number of fused-ring (bicyclic) bond motifs is 1. The summed E-state index contributed by atoms with van der Waals surface area (Å²) in [6.07, 6.45) is 1.75. The zero-order valence-electron chi connectivity index (χ0n) is 22.0. The van der Waals surface area contributed by atoms with E-state index in [-0.39, 0.29) is 23.8 Å². The molecule has 8 nitrogen and oxygen atoms in total. The number of carbonyl (C=O) groups excluding carboxylic acids is 1. The van der Waals surface area contributed by atoms with Crippen LogP contribution < -0.4 is 29.1 Å². The van der Waals surface area contributed by atoms with Gasteiger partial charge in [0.2, 0.25) is 0 Å². The highest BCUT2D eigenvalue weighted by atomic mass is 79.9. The van der Waals surface area contributed by atoms with Crippen LogP contribution in [-0.2, 0) is 9.53 Å². The number of hydrogen-bond acceptors (Lipinski definition) is 8. The molecular formula is C28H29BrN2O6S. The Bertz CT molecular complexity index is 1590. The molecule has 0 spiro atoms. The predicted molar refractivity (Wildman–Crippen MR) is 150 cm³/mol. The molecule has 4 rings (SSSR count). The van der Waals surface area contributed by atoms with Crippen LogP contribution in [0.3, 0.4) is 0 Å². The van der Waals surface area contributed by atoms with Crippen LogP contribution in [-0.4, -0.2) is 37.5 Å². The van der Waals surface area contributed by atoms with Gasteiger partial charge in [-0.3, -0.25) is 9.36 Å². The van der Waals surface area contributed by atoms with Crippen molar-refractivity contribution < 1.29 is 23.7 Å². The fraction of sp³-hybridized carbons (Fsp3) is 0.321. The minimum absolute atomic E-state index is 0.0399. The van der Waals surface area contributed by atoms with Gasteiger partial charge in [-0.2, -0.15) is 0 Å². The van der Waals surface area contributed by atoms with Gasteiger partial charge in [0.05, 0.1) is 42.7 Å². The van der Waals surface area contributed by atoms with Gasteiger partial charge in [0.1, 0.15) is 23.3 Å². The summed E-state index contributed by atoms with van der Waals surface area (Å²) in [7, 11) is 3.09. The first-order valence-corrected chi connectivity index (χ1v) is 13.7. The summed E-state index contributed by atoms with van der Waals surface area (Å²) in [5.74, 6) is 1.18. The topological polar surface area (TPSA) is 88.4 Å². The molecule has 1 aromatic heterocycles. The molecule has 10 heteroatoms. The van der Waals surface area contributed by atoms with Crippen molar-refractivity contribution in [3.8, 4) is 17.2 Å². The first-order valence-electron chi connectivity index (χ1n) is 12.1. The molecular weight excluding hydrogens is 572 g/mol. The van der Waals surface area contributed by atoms with Gasteiger partial charge >= 0.3 is 5.97 Å². The number of thiazole rings is 1. The van der Waals surface area contributed by atoms with E-state index in [1.54, 1.807) is 45.2 Å². The highest BCUT2D eigenvalue weighted by Crippen LogP contribution is 2.37. The van der Waals surface area contributed by atoms with E-state index in [1.165, 1.54) is 23.0 Å². The fourth-order valence-electron chi connectivity index (χ4n) is 4.26. The van der Waals surface area contributed by atoms with Gasteiger partial charge < -0.3 is 18.9 Å². The second kappa shape index (κ2) is 11.6. The van der Waals surface area contributed by atoms with Crippen LogP contribution in [0.2, 0.25) is 0 Å². The SMILES string of the molecule is CCOC(=O)C1=C(C)N=c2s/c(=C/c3cc(Br)ccc3OC(C)C)c(=O)n2[C@H]1c1ccc(OC)cc1OC. The second-order valence-electron chi connectivity index (χ2n) is 8.76. The minimum Gasteiger partial charge on any atom is -0.497 e. The summed E-state index contributed by atoms with van der Waals surface area (Å²) in [6.45, 7) is 7.56. The maximum absolute atomic E-state index is 14.0. The van der Waals surface area contributed by atoms with Gasteiger partial charge in [-0.15, -0.1) is 0 Å². The molecule has 0 amide bonds. The first-order chi connectivity index (χ1) is 18.2. The molecule has 2 aromatic carbocycles. The highest BCUT2D eigenvalue weighted by molar-refractivity contribution is 9.10. The standard InChI is InChI=1S/C28H29BrN2O6S/c1-7-36-27(33)24-16(4)30-28-31(25(24)20-10-9-19(34-5)14-22(20)35-6)26(32)23(38-28)13-17-12-18(29)8-11-21(17)37-15(2)3/h8-15,25H,7H2,1-6H3/b23-13+/t25-/m0/s1. The van der Waals surface area contributed by atoms with E-state index in [0.29, 0.717) is 37.8 Å². The largest absolute Gasteiger partial charge is 0.497 e. The van der Waals surface area contributed by atoms with E-state index in [9.17, 15) is 9.59 Å². The van der Waals surface area contributed by atoms with E-state index in [0.717, 1.165) is 10.0 Å². The molecule has 200 valence electrons. The number of hydrogen-bond donors (Lipinski definition) is 0. The smallest absolute Gasteiger partial charge is 0.338 e. The molecule has 0 bridgehead atoms. The van der Waals surface area contributed by atoms with Crippen LogP contribution in [0.25, 0.3) is 6.08 Å². The van der Waals surface area contributed by atoms with E-state index in [4.69, 9.17) is 18.9 Å². The van der Waals surface area contributed by atoms with Crippen LogP contribution >= 0.6 is 27.3 Å². The molecule has 1 aliphatic rings. The Labute approximate surface area is 233 Å². The lowest BCUT2D eigenvalue weighted by molar-refractivity contribution is -0.139. The third kappa shape index (κ3) is 5.42. The van der Waals surface area contributed by atoms with Crippen molar-refractivity contribution in [1.29, 1.82) is 0 Å². The number of esters is 1. The first kappa shape index (κ1) is 27.7. The zero-order valence-corrected chi connectivity index (χ0v) is 24.4. The minimum atomic E-state index is -0.804. The summed E-state index contributed by atoms with van der Waals surface area (Å²) >= 11 is 4.76. The average molecular weight is 602 g/mol. The lowest BCUT2D eigenvalue weighted by Crippen LogP contribution is -2.40. The van der Waals surface area contributed by atoms with E-state index in [2.05, 4.69) is 20.9 Å². The molecule has 0 saturated heterocycles. The number of nitrogens with zero attached hydrogens (tertiary/aromatic N) is 2. The fourth-order valence-corrected chi connectivity index (χ4v) is 5.68. The molecule has 2 heterocycles. The molecule has 1 aliphatic heterocycles. The van der Waals surface area contributed by atoms with Crippen LogP contribution in [0.5, 0.6) is 17.2 Å². The second-order valence-corrected chi connectivity index (χ2v) is 10.7. The summed E-state index contributed by atoms with van der Waals surface area (Å²) in [5, 5.41) is 0. The monoisotopic (exact) mass is 600 g/mol. The van der Waals surface area contributed by atoms with Crippen LogP contribution in [0.1, 0.15) is 44.9 Å². The van der Waals surface area contributed by atoms with Crippen molar-refractivity contribution in [2.45, 2.75) is 39.8 Å². The van der Waals surface area contributed by atoms with E-state index < -0.39 is 12.0 Å². The van der Waals surface area contributed by atoms with Gasteiger partial charge in [0.25, 0.3) is 5.56 Å². The van der Waals surface area contributed by atoms with Gasteiger partial charge in [-0.05, 0) is 64.1 Å². The highest BCUT2D eigenvalue weighted by Gasteiger charge is 2.35. The predicted octanol–water partition coefficient (Wildman–Crippen LogP) is 4.37. The normalized spacial score (nSPS) is 15.3. The number of benzene rings is 2. The Kier molecular flexibility index (Phi) is 8.42. The Balaban J connectivity index is 1.99. The molecule has 0 N–H and O–H groups in total. The van der Waals surface area contributed by atoms with E-state index >= 15 is 0 Å². The number of ether oxygens (including phenoxy) is 4. The lowest BCUT2D eigenvalue weighted by Gasteiger charge is -2.26. The molecule has 0 aliphatic carbocycles. The Hall–Kier alpha value is -3.37. The molecule has 3 aromatic rings. The Morgan fingerprint density at radius 2 is 1.92 bits per heavy atom. The van der Waals surface area contributed by atoms with Crippen LogP contribution in [0, 0.1) is 0 Å². The molecule has 1 atom stereocenters. The Morgan fingerprint density at radius 3 is 2.58 bits per heavy atom. The molecule has 0 radical (unpaired) electrons. The number of aromatic nitrogens is 1. The van der Waals surface area contributed by atoms with E-state index in [1.807, 2.05) is 32.0 Å². The molecule has 0 fully saturated rings. The third-order valence-electron chi connectivity index (χ3n) is 5.87. The summed E-state index contributed by atoms with van der Waals surface area (Å²) < 4.78 is 25.2. The van der Waals surface area contributed by atoms with Gasteiger partial charge in [0, 0.05) is 21.7 Å². The number of halogens is 1. The Morgan fingerprint density at radius 1 is 1.16 bits per heavy atom. The molecule has 0 unspecified atom stereocenters. The van der Waals surface area contributed by atoms with Crippen molar-refractivity contribution in [3.63, 3.8) is 0 Å². The average Bonchev–Trinajstić information content (AvgIpc) is 3.18. The van der Waals surface area contributed by atoms with Crippen LogP contribution in [0.15, 0.2) is 61.9 Å². The molecule has 0 saturated carbocycles. The number of methoxy groups -OCH3 is 2. The number of allylic oxidation sites excluding steroid dienone is 1. The number of carbonyl (C=O) groups is 1. The zero-order chi connectivity index (χ0) is 27.6. The number of rotatable bonds is 8. The lowest BCUT2D eigenvalue weighted by atomic mass is 9.95. The van der Waals surface area contributed by atoms with Crippen molar-refractivity contribution in [2.24, 2.45) is 4.99 Å². The van der Waals surface area contributed by atoms with Crippen molar-refractivity contribution in [3.05, 3.63) is 83.0 Å². The molecule has 38 heavy (non-hydrogen) atoms. The summed E-state index contributed by atoms with van der Waals surface area (Å²) in [4.78, 5) is 32.2.